The largest absolute Gasteiger partial charge is 0.465 e. The maximum Gasteiger partial charge on any atom is 0.409 e. The molecule has 1 aromatic heterocycles. The van der Waals surface area contributed by atoms with Crippen LogP contribution in [0.15, 0.2) is 30.5 Å². The van der Waals surface area contributed by atoms with Crippen molar-refractivity contribution in [3.05, 3.63) is 45.9 Å². The molecule has 0 spiro atoms. The van der Waals surface area contributed by atoms with Crippen LogP contribution in [-0.2, 0) is 0 Å². The number of hydrogen-bond acceptors (Lipinski definition) is 6. The quantitative estimate of drug-likeness (QED) is 0.449. The molecule has 1 heterocycles. The summed E-state index contributed by atoms with van der Waals surface area (Å²) in [4.78, 5) is 28.1. The zero-order valence-electron chi connectivity index (χ0n) is 10.3. The molecule has 0 radical (unpaired) electrons. The third-order valence-electron chi connectivity index (χ3n) is 2.31. The molecule has 1 aromatic carbocycles. The van der Waals surface area contributed by atoms with E-state index in [-0.39, 0.29) is 16.8 Å². The van der Waals surface area contributed by atoms with Gasteiger partial charge in [0.25, 0.3) is 0 Å². The normalized spacial score (nSPS) is 9.95. The summed E-state index contributed by atoms with van der Waals surface area (Å²) in [6.07, 6.45) is -0.236. The predicted molar refractivity (Wildman–Crippen MR) is 75.1 cm³/mol. The van der Waals surface area contributed by atoms with Crippen molar-refractivity contribution >= 4 is 40.6 Å². The Morgan fingerprint density at radius 2 is 2.10 bits per heavy atom. The molecule has 0 saturated heterocycles. The summed E-state index contributed by atoms with van der Waals surface area (Å²) >= 11 is 5.61. The Hall–Kier alpha value is -2.94. The molecule has 3 N–H and O–H groups in total. The van der Waals surface area contributed by atoms with Crippen LogP contribution in [0.3, 0.4) is 0 Å². The maximum absolute atomic E-state index is 10.9. The van der Waals surface area contributed by atoms with E-state index in [0.29, 0.717) is 11.4 Å². The highest BCUT2D eigenvalue weighted by Crippen LogP contribution is 2.26. The van der Waals surface area contributed by atoms with Gasteiger partial charge in [-0.3, -0.25) is 15.4 Å². The topological polar surface area (TPSA) is 130 Å². The van der Waals surface area contributed by atoms with E-state index in [4.69, 9.17) is 16.7 Å². The Balaban J connectivity index is 2.31. The number of nitrogens with one attached hydrogen (secondary N) is 2. The number of nitrogens with zero attached hydrogens (tertiary/aromatic N) is 3. The second-order valence-corrected chi connectivity index (χ2v) is 4.10. The third-order valence-corrected chi connectivity index (χ3v) is 2.50. The molecular formula is C11H8ClN5O4. The highest BCUT2D eigenvalue weighted by molar-refractivity contribution is 6.28. The van der Waals surface area contributed by atoms with Crippen LogP contribution in [0, 0.1) is 10.1 Å². The van der Waals surface area contributed by atoms with Crippen LogP contribution in [-0.4, -0.2) is 26.1 Å². The standard InChI is InChI=1S/C11H8ClN5O4/c12-10-13-5-8(17(20)21)9(16-10)14-6-2-1-3-7(4-6)15-11(18)19/h1-5,15H,(H,18,19)(H,13,14,16). The molecule has 1 amide bonds. The first-order valence-electron chi connectivity index (χ1n) is 5.49. The summed E-state index contributed by atoms with van der Waals surface area (Å²) in [7, 11) is 0. The molecule has 108 valence electrons. The smallest absolute Gasteiger partial charge is 0.409 e. The molecule has 0 unspecified atom stereocenters. The fourth-order valence-corrected chi connectivity index (χ4v) is 1.65. The van der Waals surface area contributed by atoms with E-state index in [2.05, 4.69) is 20.6 Å². The van der Waals surface area contributed by atoms with Gasteiger partial charge in [0, 0.05) is 11.4 Å². The van der Waals surface area contributed by atoms with Gasteiger partial charge in [0.05, 0.1) is 4.92 Å². The molecule has 9 nitrogen and oxygen atoms in total. The molecular weight excluding hydrogens is 302 g/mol. The highest BCUT2D eigenvalue weighted by atomic mass is 35.5. The first-order valence-corrected chi connectivity index (χ1v) is 5.87. The van der Waals surface area contributed by atoms with Crippen LogP contribution in [0.1, 0.15) is 0 Å². The molecule has 10 heteroatoms. The third kappa shape index (κ3) is 3.76. The van der Waals surface area contributed by atoms with Gasteiger partial charge in [-0.1, -0.05) is 6.07 Å². The van der Waals surface area contributed by atoms with Gasteiger partial charge in [0.15, 0.2) is 0 Å². The molecule has 21 heavy (non-hydrogen) atoms. The van der Waals surface area contributed by atoms with Gasteiger partial charge in [-0.05, 0) is 29.8 Å². The number of amides is 1. The van der Waals surface area contributed by atoms with Crippen LogP contribution in [0.25, 0.3) is 0 Å². The number of benzene rings is 1. The second kappa shape index (κ2) is 6.01. The van der Waals surface area contributed by atoms with Crippen molar-refractivity contribution in [2.24, 2.45) is 0 Å². The molecule has 0 fully saturated rings. The fourth-order valence-electron chi connectivity index (χ4n) is 1.51. The number of carbonyl (C=O) groups is 1. The zero-order chi connectivity index (χ0) is 15.4. The molecule has 0 aliphatic heterocycles. The van der Waals surface area contributed by atoms with E-state index in [1.54, 1.807) is 12.1 Å². The lowest BCUT2D eigenvalue weighted by Gasteiger charge is -2.08. The minimum atomic E-state index is -1.22. The van der Waals surface area contributed by atoms with Crippen molar-refractivity contribution in [1.82, 2.24) is 9.97 Å². The monoisotopic (exact) mass is 309 g/mol. The Morgan fingerprint density at radius 1 is 1.38 bits per heavy atom. The van der Waals surface area contributed by atoms with Crippen molar-refractivity contribution in [1.29, 1.82) is 0 Å². The van der Waals surface area contributed by atoms with Crippen LogP contribution >= 0.6 is 11.6 Å². The molecule has 0 atom stereocenters. The van der Waals surface area contributed by atoms with Crippen LogP contribution in [0.4, 0.5) is 27.7 Å². The van der Waals surface area contributed by atoms with Crippen molar-refractivity contribution in [2.45, 2.75) is 0 Å². The Labute approximate surface area is 122 Å². The summed E-state index contributed by atoms with van der Waals surface area (Å²) < 4.78 is 0. The zero-order valence-corrected chi connectivity index (χ0v) is 11.0. The second-order valence-electron chi connectivity index (χ2n) is 3.77. The van der Waals surface area contributed by atoms with Crippen LogP contribution in [0.5, 0.6) is 0 Å². The fraction of sp³-hybridized carbons (Fsp3) is 0. The summed E-state index contributed by atoms with van der Waals surface area (Å²) in [5.41, 5.74) is 0.352. The van der Waals surface area contributed by atoms with Crippen molar-refractivity contribution in [3.63, 3.8) is 0 Å². The Kier molecular flexibility index (Phi) is 4.14. The molecule has 0 bridgehead atoms. The van der Waals surface area contributed by atoms with Gasteiger partial charge in [0.1, 0.15) is 6.20 Å². The molecule has 0 aliphatic carbocycles. The molecule has 0 saturated carbocycles. The lowest BCUT2D eigenvalue weighted by Crippen LogP contribution is -2.07. The lowest BCUT2D eigenvalue weighted by molar-refractivity contribution is -0.384. The van der Waals surface area contributed by atoms with Gasteiger partial charge in [0.2, 0.25) is 11.1 Å². The predicted octanol–water partition coefficient (Wildman–Crippen LogP) is 2.87. The average Bonchev–Trinajstić information content (AvgIpc) is 2.38. The van der Waals surface area contributed by atoms with Gasteiger partial charge < -0.3 is 10.4 Å². The first-order chi connectivity index (χ1) is 9.95. The molecule has 0 aliphatic rings. The molecule has 2 aromatic rings. The maximum atomic E-state index is 10.9. The van der Waals surface area contributed by atoms with Gasteiger partial charge in [-0.15, -0.1) is 0 Å². The minimum Gasteiger partial charge on any atom is -0.465 e. The van der Waals surface area contributed by atoms with Gasteiger partial charge >= 0.3 is 11.8 Å². The number of rotatable bonds is 4. The summed E-state index contributed by atoms with van der Waals surface area (Å²) in [6, 6.07) is 6.14. The highest BCUT2D eigenvalue weighted by Gasteiger charge is 2.17. The van der Waals surface area contributed by atoms with Crippen molar-refractivity contribution in [3.8, 4) is 0 Å². The first kappa shape index (κ1) is 14.5. The lowest BCUT2D eigenvalue weighted by atomic mass is 10.2. The van der Waals surface area contributed by atoms with E-state index in [0.717, 1.165) is 6.20 Å². The van der Waals surface area contributed by atoms with Crippen molar-refractivity contribution < 1.29 is 14.8 Å². The van der Waals surface area contributed by atoms with E-state index in [1.165, 1.54) is 12.1 Å². The van der Waals surface area contributed by atoms with Crippen LogP contribution < -0.4 is 10.6 Å². The average molecular weight is 310 g/mol. The van der Waals surface area contributed by atoms with Crippen molar-refractivity contribution in [2.75, 3.05) is 10.6 Å². The number of aromatic nitrogens is 2. The molecule has 2 rings (SSSR count). The number of anilines is 3. The van der Waals surface area contributed by atoms with E-state index in [9.17, 15) is 14.9 Å². The van der Waals surface area contributed by atoms with E-state index >= 15 is 0 Å². The Morgan fingerprint density at radius 3 is 2.76 bits per heavy atom. The number of halogens is 1. The SMILES string of the molecule is O=C(O)Nc1cccc(Nc2nc(Cl)ncc2[N+](=O)[O-])c1. The van der Waals surface area contributed by atoms with Gasteiger partial charge in [-0.25, -0.2) is 9.78 Å². The number of hydrogen-bond donors (Lipinski definition) is 3. The summed E-state index contributed by atoms with van der Waals surface area (Å²) in [5, 5.41) is 24.2. The van der Waals surface area contributed by atoms with E-state index < -0.39 is 11.0 Å². The number of carboxylic acid groups (broad SMARTS) is 1. The van der Waals surface area contributed by atoms with Gasteiger partial charge in [-0.2, -0.15) is 4.98 Å². The van der Waals surface area contributed by atoms with E-state index in [1.807, 2.05) is 0 Å². The number of nitro groups is 1. The summed E-state index contributed by atoms with van der Waals surface area (Å²) in [5.74, 6) is -0.0903. The summed E-state index contributed by atoms with van der Waals surface area (Å²) in [6.45, 7) is 0. The Bertz CT molecular complexity index is 709. The van der Waals surface area contributed by atoms with Crippen LogP contribution in [0.2, 0.25) is 5.28 Å². The minimum absolute atomic E-state index is 0.0903.